The summed E-state index contributed by atoms with van der Waals surface area (Å²) in [5.74, 6) is -0.0728. The average molecular weight is 360 g/mol. The predicted octanol–water partition coefficient (Wildman–Crippen LogP) is 4.13. The zero-order valence-corrected chi connectivity index (χ0v) is 17.0. The van der Waals surface area contributed by atoms with Crippen LogP contribution in [0.25, 0.3) is 0 Å². The third-order valence-electron chi connectivity index (χ3n) is 5.65. The lowest BCUT2D eigenvalue weighted by atomic mass is 9.73. The van der Waals surface area contributed by atoms with E-state index in [4.69, 9.17) is 4.74 Å². The fourth-order valence-corrected chi connectivity index (χ4v) is 4.26. The third kappa shape index (κ3) is 4.66. The highest BCUT2D eigenvalue weighted by molar-refractivity contribution is 5.82. The molecule has 1 aromatic carbocycles. The molecular formula is C22H33NO3. The summed E-state index contributed by atoms with van der Waals surface area (Å²) in [7, 11) is 1.82. The molecule has 0 aliphatic heterocycles. The van der Waals surface area contributed by atoms with Gasteiger partial charge in [0, 0.05) is 13.6 Å². The summed E-state index contributed by atoms with van der Waals surface area (Å²) >= 11 is 0. The molecule has 0 aromatic heterocycles. The van der Waals surface area contributed by atoms with Crippen LogP contribution in [0.5, 0.6) is 0 Å². The summed E-state index contributed by atoms with van der Waals surface area (Å²) < 4.78 is 5.36. The number of benzene rings is 1. The van der Waals surface area contributed by atoms with Crippen LogP contribution in [0.4, 0.5) is 0 Å². The summed E-state index contributed by atoms with van der Waals surface area (Å²) in [5, 5.41) is 0. The number of ether oxygens (including phenoxy) is 1. The number of hydrogen-bond acceptors (Lipinski definition) is 3. The summed E-state index contributed by atoms with van der Waals surface area (Å²) in [6.45, 7) is 8.87. The van der Waals surface area contributed by atoms with Gasteiger partial charge < -0.3 is 9.64 Å². The zero-order valence-electron chi connectivity index (χ0n) is 17.0. The topological polar surface area (TPSA) is 46.6 Å². The number of aryl methyl sites for hydroxylation is 3. The van der Waals surface area contributed by atoms with Crippen LogP contribution in [0, 0.1) is 26.2 Å². The fourth-order valence-electron chi connectivity index (χ4n) is 4.26. The Bertz CT molecular complexity index is 636. The number of likely N-dealkylation sites (N-methyl/N-ethyl adjacent to an activating group) is 1. The Morgan fingerprint density at radius 1 is 1.08 bits per heavy atom. The number of carbonyl (C=O) groups excluding carboxylic acids is 2. The van der Waals surface area contributed by atoms with E-state index in [-0.39, 0.29) is 11.9 Å². The predicted molar refractivity (Wildman–Crippen MR) is 104 cm³/mol. The second-order valence-electron chi connectivity index (χ2n) is 7.87. The van der Waals surface area contributed by atoms with E-state index in [2.05, 4.69) is 32.9 Å². The van der Waals surface area contributed by atoms with Crippen LogP contribution in [-0.4, -0.2) is 37.0 Å². The van der Waals surface area contributed by atoms with Gasteiger partial charge in [-0.2, -0.15) is 0 Å². The van der Waals surface area contributed by atoms with Gasteiger partial charge in [0.25, 0.3) is 0 Å². The number of rotatable bonds is 6. The van der Waals surface area contributed by atoms with E-state index in [9.17, 15) is 9.59 Å². The molecule has 144 valence electrons. The molecule has 1 saturated carbocycles. The Labute approximate surface area is 157 Å². The molecule has 1 aliphatic carbocycles. The van der Waals surface area contributed by atoms with E-state index < -0.39 is 5.41 Å². The van der Waals surface area contributed by atoms with Gasteiger partial charge in [-0.3, -0.25) is 9.59 Å². The molecule has 1 fully saturated rings. The number of amides is 1. The van der Waals surface area contributed by atoms with Gasteiger partial charge in [-0.15, -0.1) is 0 Å². The van der Waals surface area contributed by atoms with Gasteiger partial charge in [0.2, 0.25) is 5.91 Å². The van der Waals surface area contributed by atoms with Crippen LogP contribution in [0.15, 0.2) is 12.1 Å². The number of esters is 1. The van der Waals surface area contributed by atoms with Crippen molar-refractivity contribution >= 4 is 11.9 Å². The Morgan fingerprint density at radius 3 is 2.19 bits per heavy atom. The number of carbonyl (C=O) groups is 2. The molecular weight excluding hydrogens is 326 g/mol. The molecule has 0 unspecified atom stereocenters. The Balaban J connectivity index is 2.12. The lowest BCUT2D eigenvalue weighted by Gasteiger charge is -2.37. The van der Waals surface area contributed by atoms with E-state index >= 15 is 0 Å². The molecule has 0 bridgehead atoms. The first-order chi connectivity index (χ1) is 12.3. The summed E-state index contributed by atoms with van der Waals surface area (Å²) in [5.41, 5.74) is 4.09. The lowest BCUT2D eigenvalue weighted by Crippen LogP contribution is -2.46. The molecule has 0 radical (unpaired) electrons. The van der Waals surface area contributed by atoms with Crippen molar-refractivity contribution < 1.29 is 14.3 Å². The highest BCUT2D eigenvalue weighted by Gasteiger charge is 2.42. The van der Waals surface area contributed by atoms with Gasteiger partial charge >= 0.3 is 5.97 Å². The smallest absolute Gasteiger partial charge is 0.313 e. The zero-order chi connectivity index (χ0) is 19.3. The van der Waals surface area contributed by atoms with Crippen molar-refractivity contribution in [2.75, 3.05) is 20.2 Å². The molecule has 26 heavy (non-hydrogen) atoms. The van der Waals surface area contributed by atoms with Crippen molar-refractivity contribution in [2.45, 2.75) is 66.2 Å². The second-order valence-corrected chi connectivity index (χ2v) is 7.87. The van der Waals surface area contributed by atoms with E-state index in [0.29, 0.717) is 19.6 Å². The van der Waals surface area contributed by atoms with Crippen LogP contribution in [0.3, 0.4) is 0 Å². The van der Waals surface area contributed by atoms with Gasteiger partial charge in [0.1, 0.15) is 0 Å². The lowest BCUT2D eigenvalue weighted by molar-refractivity contribution is -0.159. The molecule has 1 aromatic rings. The minimum absolute atomic E-state index is 0.0642. The van der Waals surface area contributed by atoms with Gasteiger partial charge in [0.15, 0.2) is 0 Å². The molecule has 4 nitrogen and oxygen atoms in total. The van der Waals surface area contributed by atoms with Crippen LogP contribution < -0.4 is 0 Å². The van der Waals surface area contributed by atoms with Gasteiger partial charge in [-0.05, 0) is 57.2 Å². The molecule has 1 amide bonds. The highest BCUT2D eigenvalue weighted by atomic mass is 16.5. The van der Waals surface area contributed by atoms with Gasteiger partial charge in [0.05, 0.1) is 18.4 Å². The molecule has 0 N–H and O–H groups in total. The first-order valence-corrected chi connectivity index (χ1v) is 9.77. The largest absolute Gasteiger partial charge is 0.466 e. The van der Waals surface area contributed by atoms with E-state index in [1.807, 2.05) is 14.0 Å². The third-order valence-corrected chi connectivity index (χ3v) is 5.65. The standard InChI is InChI=1S/C22H33NO3/c1-6-26-21(25)22(10-8-7-9-11-22)15-23(5)20(24)14-19-17(3)12-16(2)13-18(19)4/h12-13H,6-11,14-15H2,1-5H3. The van der Waals surface area contributed by atoms with Crippen molar-refractivity contribution in [1.29, 1.82) is 0 Å². The van der Waals surface area contributed by atoms with Crippen molar-refractivity contribution in [2.24, 2.45) is 5.41 Å². The first kappa shape index (κ1) is 20.5. The van der Waals surface area contributed by atoms with E-state index in [1.165, 1.54) is 5.56 Å². The van der Waals surface area contributed by atoms with Crippen molar-refractivity contribution in [3.05, 3.63) is 34.4 Å². The first-order valence-electron chi connectivity index (χ1n) is 9.77. The molecule has 4 heteroatoms. The highest BCUT2D eigenvalue weighted by Crippen LogP contribution is 2.38. The quantitative estimate of drug-likeness (QED) is 0.718. The summed E-state index contributed by atoms with van der Waals surface area (Å²) in [6, 6.07) is 4.24. The molecule has 0 spiro atoms. The maximum Gasteiger partial charge on any atom is 0.313 e. The van der Waals surface area contributed by atoms with Crippen molar-refractivity contribution in [3.8, 4) is 0 Å². The maximum atomic E-state index is 12.9. The maximum absolute atomic E-state index is 12.9. The van der Waals surface area contributed by atoms with E-state index in [0.717, 1.165) is 48.8 Å². The van der Waals surface area contributed by atoms with Crippen molar-refractivity contribution in [3.63, 3.8) is 0 Å². The van der Waals surface area contributed by atoms with Crippen LogP contribution >= 0.6 is 0 Å². The number of nitrogens with zero attached hydrogens (tertiary/aromatic N) is 1. The second kappa shape index (κ2) is 8.70. The Kier molecular flexibility index (Phi) is 6.85. The van der Waals surface area contributed by atoms with Crippen LogP contribution in [0.2, 0.25) is 0 Å². The molecule has 1 aliphatic rings. The monoisotopic (exact) mass is 359 g/mol. The number of hydrogen-bond donors (Lipinski definition) is 0. The minimum atomic E-state index is -0.532. The normalized spacial score (nSPS) is 16.2. The molecule has 0 atom stereocenters. The van der Waals surface area contributed by atoms with E-state index in [1.54, 1.807) is 4.90 Å². The summed E-state index contributed by atoms with van der Waals surface area (Å²) in [4.78, 5) is 27.2. The summed E-state index contributed by atoms with van der Waals surface area (Å²) in [6.07, 6.45) is 5.21. The van der Waals surface area contributed by atoms with Crippen LogP contribution in [0.1, 0.15) is 61.3 Å². The molecule has 0 saturated heterocycles. The Hall–Kier alpha value is -1.84. The van der Waals surface area contributed by atoms with Crippen LogP contribution in [-0.2, 0) is 20.7 Å². The SMILES string of the molecule is CCOC(=O)C1(CN(C)C(=O)Cc2c(C)cc(C)cc2C)CCCCC1. The molecule has 2 rings (SSSR count). The van der Waals surface area contributed by atoms with Gasteiger partial charge in [-0.1, -0.05) is 37.0 Å². The van der Waals surface area contributed by atoms with Gasteiger partial charge in [-0.25, -0.2) is 0 Å². The minimum Gasteiger partial charge on any atom is -0.466 e. The average Bonchev–Trinajstić information content (AvgIpc) is 2.58. The van der Waals surface area contributed by atoms with Crippen molar-refractivity contribution in [1.82, 2.24) is 4.90 Å². The fraction of sp³-hybridized carbons (Fsp3) is 0.636. The molecule has 0 heterocycles. The Morgan fingerprint density at radius 2 is 1.65 bits per heavy atom.